The summed E-state index contributed by atoms with van der Waals surface area (Å²) >= 11 is 4.80. The van der Waals surface area contributed by atoms with Crippen LogP contribution in [0.1, 0.15) is 12.8 Å². The van der Waals surface area contributed by atoms with E-state index in [4.69, 9.17) is 0 Å². The van der Waals surface area contributed by atoms with Crippen molar-refractivity contribution >= 4 is 37.5 Å². The molecule has 0 saturated carbocycles. The van der Waals surface area contributed by atoms with Crippen molar-refractivity contribution in [1.82, 2.24) is 9.88 Å². The van der Waals surface area contributed by atoms with Crippen molar-refractivity contribution in [2.24, 2.45) is 5.92 Å². The second-order valence-corrected chi connectivity index (χ2v) is 6.69. The molecule has 2 heterocycles. The largest absolute Gasteiger partial charge is 0.317 e. The van der Waals surface area contributed by atoms with Crippen LogP contribution < -0.4 is 10.2 Å². The van der Waals surface area contributed by atoms with E-state index in [1.165, 1.54) is 24.2 Å². The van der Waals surface area contributed by atoms with Crippen LogP contribution in [0, 0.1) is 5.92 Å². The molecule has 3 nitrogen and oxygen atoms in total. The Morgan fingerprint density at radius 3 is 2.94 bits per heavy atom. The van der Waals surface area contributed by atoms with E-state index >= 15 is 0 Å². The Morgan fingerprint density at radius 1 is 1.39 bits per heavy atom. The van der Waals surface area contributed by atoms with Gasteiger partial charge in [0.25, 0.3) is 0 Å². The molecule has 0 bridgehead atoms. The summed E-state index contributed by atoms with van der Waals surface area (Å²) < 4.78 is 4.05. The third kappa shape index (κ3) is 2.39. The summed E-state index contributed by atoms with van der Waals surface area (Å²) in [6.45, 7) is 3.02. The molecule has 1 aliphatic heterocycles. The van der Waals surface area contributed by atoms with Gasteiger partial charge in [0.15, 0.2) is 0 Å². The minimum Gasteiger partial charge on any atom is -0.317 e. The van der Waals surface area contributed by atoms with Crippen molar-refractivity contribution in [2.45, 2.75) is 19.4 Å². The third-order valence-electron chi connectivity index (χ3n) is 3.53. The third-order valence-corrected chi connectivity index (χ3v) is 4.96. The Kier molecular flexibility index (Phi) is 3.54. The van der Waals surface area contributed by atoms with Crippen molar-refractivity contribution in [1.29, 1.82) is 0 Å². The zero-order valence-corrected chi connectivity index (χ0v) is 12.4. The van der Waals surface area contributed by atoms with Gasteiger partial charge in [0.05, 0.1) is 10.2 Å². The predicted octanol–water partition coefficient (Wildman–Crippen LogP) is 2.83. The molecule has 2 aromatic rings. The Hall–Kier alpha value is -0.650. The molecule has 0 spiro atoms. The van der Waals surface area contributed by atoms with E-state index in [9.17, 15) is 4.79 Å². The van der Waals surface area contributed by atoms with Gasteiger partial charge in [0.2, 0.25) is 0 Å². The summed E-state index contributed by atoms with van der Waals surface area (Å²) in [6, 6.07) is 6.08. The maximum Gasteiger partial charge on any atom is 0.308 e. The minimum atomic E-state index is 0.168. The number of nitrogens with zero attached hydrogens (tertiary/aromatic N) is 1. The van der Waals surface area contributed by atoms with Crippen LogP contribution >= 0.6 is 27.3 Å². The summed E-state index contributed by atoms with van der Waals surface area (Å²) in [5.74, 6) is 0.630. The molecule has 18 heavy (non-hydrogen) atoms. The molecule has 0 radical (unpaired) electrons. The zero-order valence-electron chi connectivity index (χ0n) is 9.99. The maximum atomic E-state index is 12.1. The Bertz CT molecular complexity index is 613. The lowest BCUT2D eigenvalue weighted by atomic mass is 9.98. The highest BCUT2D eigenvalue weighted by Gasteiger charge is 2.16. The number of thiazole rings is 1. The monoisotopic (exact) mass is 326 g/mol. The normalized spacial score (nSPS) is 17.4. The fraction of sp³-hybridized carbons (Fsp3) is 0.462. The van der Waals surface area contributed by atoms with Crippen LogP contribution in [0.5, 0.6) is 0 Å². The van der Waals surface area contributed by atoms with Crippen LogP contribution in [-0.2, 0) is 6.54 Å². The molecule has 0 unspecified atom stereocenters. The molecule has 3 rings (SSSR count). The number of fused-ring (bicyclic) bond motifs is 1. The van der Waals surface area contributed by atoms with Gasteiger partial charge in [0.1, 0.15) is 0 Å². The molecule has 96 valence electrons. The van der Waals surface area contributed by atoms with E-state index in [2.05, 4.69) is 21.2 Å². The molecule has 5 heteroatoms. The second kappa shape index (κ2) is 5.15. The van der Waals surface area contributed by atoms with Gasteiger partial charge in [0, 0.05) is 11.0 Å². The Labute approximate surface area is 118 Å². The van der Waals surface area contributed by atoms with Gasteiger partial charge in [-0.25, -0.2) is 0 Å². The fourth-order valence-electron chi connectivity index (χ4n) is 2.54. The molecule has 1 aliphatic rings. The quantitative estimate of drug-likeness (QED) is 0.920. The number of benzene rings is 1. The van der Waals surface area contributed by atoms with Crippen molar-refractivity contribution in [3.8, 4) is 0 Å². The molecule has 0 amide bonds. The number of halogens is 1. The van der Waals surface area contributed by atoms with Crippen molar-refractivity contribution < 1.29 is 0 Å². The van der Waals surface area contributed by atoms with Crippen LogP contribution in [0.4, 0.5) is 0 Å². The average molecular weight is 327 g/mol. The van der Waals surface area contributed by atoms with Crippen LogP contribution in [0.2, 0.25) is 0 Å². The zero-order chi connectivity index (χ0) is 12.5. The Morgan fingerprint density at radius 2 is 2.17 bits per heavy atom. The first kappa shape index (κ1) is 12.4. The number of hydrogen-bond donors (Lipinski definition) is 1. The fourth-order valence-corrected chi connectivity index (χ4v) is 3.99. The van der Waals surface area contributed by atoms with Crippen LogP contribution in [0.15, 0.2) is 27.5 Å². The standard InChI is InChI=1S/C13H15BrN2OS/c14-10-1-2-11-12(7-10)18-13(17)16(11)8-9-3-5-15-6-4-9/h1-2,7,9,15H,3-6,8H2. The second-order valence-electron chi connectivity index (χ2n) is 4.78. The lowest BCUT2D eigenvalue weighted by Gasteiger charge is -2.22. The molecular weight excluding hydrogens is 312 g/mol. The predicted molar refractivity (Wildman–Crippen MR) is 79.4 cm³/mol. The number of rotatable bonds is 2. The number of hydrogen-bond acceptors (Lipinski definition) is 3. The average Bonchev–Trinajstić information content (AvgIpc) is 2.66. The smallest absolute Gasteiger partial charge is 0.308 e. The van der Waals surface area contributed by atoms with Gasteiger partial charge in [-0.05, 0) is 50.0 Å². The van der Waals surface area contributed by atoms with Crippen LogP contribution in [-0.4, -0.2) is 17.7 Å². The molecule has 0 atom stereocenters. The lowest BCUT2D eigenvalue weighted by molar-refractivity contribution is 0.335. The summed E-state index contributed by atoms with van der Waals surface area (Å²) in [4.78, 5) is 12.2. The molecule has 1 aromatic heterocycles. The van der Waals surface area contributed by atoms with E-state index < -0.39 is 0 Å². The molecule has 1 aromatic carbocycles. The molecule has 1 N–H and O–H groups in total. The van der Waals surface area contributed by atoms with E-state index in [0.29, 0.717) is 5.92 Å². The topological polar surface area (TPSA) is 34.0 Å². The highest BCUT2D eigenvalue weighted by atomic mass is 79.9. The number of piperidine rings is 1. The maximum absolute atomic E-state index is 12.1. The van der Waals surface area contributed by atoms with Crippen LogP contribution in [0.3, 0.4) is 0 Å². The number of aromatic nitrogens is 1. The molecule has 1 fully saturated rings. The van der Waals surface area contributed by atoms with Gasteiger partial charge in [-0.1, -0.05) is 27.3 Å². The van der Waals surface area contributed by atoms with Gasteiger partial charge in [-0.2, -0.15) is 0 Å². The highest BCUT2D eigenvalue weighted by molar-refractivity contribution is 9.10. The summed E-state index contributed by atoms with van der Waals surface area (Å²) in [7, 11) is 0. The number of nitrogens with one attached hydrogen (secondary N) is 1. The molecule has 1 saturated heterocycles. The van der Waals surface area contributed by atoms with Gasteiger partial charge in [-0.15, -0.1) is 0 Å². The van der Waals surface area contributed by atoms with E-state index in [-0.39, 0.29) is 4.87 Å². The Balaban J connectivity index is 1.95. The van der Waals surface area contributed by atoms with E-state index in [1.807, 2.05) is 22.8 Å². The van der Waals surface area contributed by atoms with Gasteiger partial charge >= 0.3 is 4.87 Å². The van der Waals surface area contributed by atoms with E-state index in [0.717, 1.165) is 34.3 Å². The summed E-state index contributed by atoms with van der Waals surface area (Å²) in [6.07, 6.45) is 2.33. The molecular formula is C13H15BrN2OS. The summed E-state index contributed by atoms with van der Waals surface area (Å²) in [5.41, 5.74) is 1.08. The summed E-state index contributed by atoms with van der Waals surface area (Å²) in [5, 5.41) is 3.36. The van der Waals surface area contributed by atoms with E-state index in [1.54, 1.807) is 0 Å². The van der Waals surface area contributed by atoms with Gasteiger partial charge < -0.3 is 5.32 Å². The first-order valence-corrected chi connectivity index (χ1v) is 7.84. The first-order valence-electron chi connectivity index (χ1n) is 6.23. The highest BCUT2D eigenvalue weighted by Crippen LogP contribution is 2.24. The molecule has 0 aliphatic carbocycles. The van der Waals surface area contributed by atoms with Crippen LogP contribution in [0.25, 0.3) is 10.2 Å². The first-order chi connectivity index (χ1) is 8.74. The minimum absolute atomic E-state index is 0.168. The van der Waals surface area contributed by atoms with Crippen molar-refractivity contribution in [3.63, 3.8) is 0 Å². The lowest BCUT2D eigenvalue weighted by Crippen LogP contribution is -2.31. The van der Waals surface area contributed by atoms with Gasteiger partial charge in [-0.3, -0.25) is 9.36 Å². The van der Waals surface area contributed by atoms with Crippen molar-refractivity contribution in [2.75, 3.05) is 13.1 Å². The van der Waals surface area contributed by atoms with Crippen molar-refractivity contribution in [3.05, 3.63) is 32.3 Å². The SMILES string of the molecule is O=c1sc2cc(Br)ccc2n1CC1CCNCC1.